The molecule has 2 aromatic rings. The van der Waals surface area contributed by atoms with E-state index in [0.29, 0.717) is 0 Å². The topological polar surface area (TPSA) is 241 Å². The van der Waals surface area contributed by atoms with Crippen molar-refractivity contribution < 1.29 is 65.6 Å². The molecule has 14 heteroatoms. The van der Waals surface area contributed by atoms with Gasteiger partial charge in [0.05, 0.1) is 6.61 Å². The van der Waals surface area contributed by atoms with E-state index in [1.165, 1.54) is 18.2 Å². The van der Waals surface area contributed by atoms with E-state index >= 15 is 0 Å². The first-order chi connectivity index (χ1) is 16.1. The first kappa shape index (κ1) is 27.6. The van der Waals surface area contributed by atoms with Gasteiger partial charge in [-0.2, -0.15) is 0 Å². The number of ether oxygens (including phenoxy) is 2. The molecule has 0 radical (unpaired) electrons. The third-order valence-electron chi connectivity index (χ3n) is 5.54. The Kier molecular flexibility index (Phi) is 7.77. The summed E-state index contributed by atoms with van der Waals surface area (Å²) in [7, 11) is 0. The van der Waals surface area contributed by atoms with Gasteiger partial charge < -0.3 is 65.6 Å². The number of hydrogen-bond donors (Lipinski definition) is 11. The fourth-order valence-electron chi connectivity index (χ4n) is 3.51. The van der Waals surface area contributed by atoms with E-state index in [-0.39, 0.29) is 21.7 Å². The van der Waals surface area contributed by atoms with E-state index in [1.807, 2.05) is 0 Å². The monoisotopic (exact) mass is 520 g/mol. The van der Waals surface area contributed by atoms with Gasteiger partial charge in [0.25, 0.3) is 0 Å². The third-order valence-corrected chi connectivity index (χ3v) is 5.87. The van der Waals surface area contributed by atoms with E-state index in [1.54, 1.807) is 0 Å². The Morgan fingerprint density at radius 1 is 0.829 bits per heavy atom. The summed E-state index contributed by atoms with van der Waals surface area (Å²) in [4.78, 5) is 0. The highest BCUT2D eigenvalue weighted by molar-refractivity contribution is 6.31. The fourth-order valence-corrected chi connectivity index (χ4v) is 3.76. The minimum Gasteiger partial charge on any atom is -0.433 e. The van der Waals surface area contributed by atoms with Crippen LogP contribution in [0.2, 0.25) is 5.02 Å². The Hall–Kier alpha value is -1.95. The summed E-state index contributed by atoms with van der Waals surface area (Å²) in [6, 6.07) is 7.88. The molecule has 194 valence electrons. The zero-order valence-corrected chi connectivity index (χ0v) is 18.5. The van der Waals surface area contributed by atoms with Gasteiger partial charge in [-0.05, 0) is 42.0 Å². The zero-order chi connectivity index (χ0) is 26.3. The molecule has 0 bridgehead atoms. The first-order valence-electron chi connectivity index (χ1n) is 10.1. The molecule has 1 aliphatic rings. The maximum Gasteiger partial charge on any atom is 0.409 e. The van der Waals surface area contributed by atoms with Crippen LogP contribution >= 0.6 is 11.6 Å². The number of aliphatic hydroxyl groups is 11. The quantitative estimate of drug-likeness (QED) is 0.160. The molecule has 5 unspecified atom stereocenters. The van der Waals surface area contributed by atoms with Crippen LogP contribution in [0.25, 0.3) is 0 Å². The summed E-state index contributed by atoms with van der Waals surface area (Å²) in [5.74, 6) is -11.0. The standard InChI is InChI=1S/C21H25ClO13/c22-13-6-1-9(18-17(26)16(25)15(24)14(8-23)34-18)7-12(13)19(27,28)10-2-4-11(5-3-10)35-21(32,33)20(29,30)31/h1-7,14-18,23-33H,8H2. The van der Waals surface area contributed by atoms with Gasteiger partial charge in [0.2, 0.25) is 5.79 Å². The summed E-state index contributed by atoms with van der Waals surface area (Å²) in [6.45, 7) is -0.660. The third kappa shape index (κ3) is 5.42. The van der Waals surface area contributed by atoms with Crippen molar-refractivity contribution in [3.8, 4) is 5.75 Å². The second-order valence-corrected chi connectivity index (χ2v) is 8.44. The molecule has 11 N–H and O–H groups in total. The molecule has 0 amide bonds. The maximum absolute atomic E-state index is 10.9. The molecule has 1 heterocycles. The lowest BCUT2D eigenvalue weighted by Crippen LogP contribution is -2.58. The highest BCUT2D eigenvalue weighted by Gasteiger charge is 2.50. The Morgan fingerprint density at radius 3 is 1.97 bits per heavy atom. The predicted molar refractivity (Wildman–Crippen MR) is 113 cm³/mol. The molecule has 1 saturated heterocycles. The molecule has 35 heavy (non-hydrogen) atoms. The Morgan fingerprint density at radius 2 is 1.43 bits per heavy atom. The average Bonchev–Trinajstić information content (AvgIpc) is 2.77. The Labute approximate surface area is 202 Å². The smallest absolute Gasteiger partial charge is 0.409 e. The fraction of sp³-hybridized carbons (Fsp3) is 0.429. The van der Waals surface area contributed by atoms with Gasteiger partial charge in [0.15, 0.2) is 0 Å². The van der Waals surface area contributed by atoms with E-state index < -0.39 is 60.6 Å². The lowest BCUT2D eigenvalue weighted by atomic mass is 9.89. The van der Waals surface area contributed by atoms with Gasteiger partial charge in [-0.1, -0.05) is 17.7 Å². The zero-order valence-electron chi connectivity index (χ0n) is 17.7. The summed E-state index contributed by atoms with van der Waals surface area (Å²) in [5, 5.41) is 107. The summed E-state index contributed by atoms with van der Waals surface area (Å²) in [5.41, 5.74) is -0.382. The van der Waals surface area contributed by atoms with Gasteiger partial charge in [-0.3, -0.25) is 0 Å². The lowest BCUT2D eigenvalue weighted by Gasteiger charge is -2.40. The van der Waals surface area contributed by atoms with Crippen molar-refractivity contribution in [3.63, 3.8) is 0 Å². The normalized spacial score (nSPS) is 26.0. The van der Waals surface area contributed by atoms with Crippen LogP contribution in [0.4, 0.5) is 0 Å². The lowest BCUT2D eigenvalue weighted by molar-refractivity contribution is -0.502. The minimum atomic E-state index is -4.03. The number of rotatable bonds is 7. The van der Waals surface area contributed by atoms with Crippen LogP contribution in [-0.4, -0.2) is 99.1 Å². The van der Waals surface area contributed by atoms with Crippen molar-refractivity contribution in [1.29, 1.82) is 0 Å². The highest BCUT2D eigenvalue weighted by Crippen LogP contribution is 2.38. The van der Waals surface area contributed by atoms with Gasteiger partial charge in [0.1, 0.15) is 36.3 Å². The molecular weight excluding hydrogens is 496 g/mol. The molecular formula is C21H25ClO13. The molecule has 13 nitrogen and oxygen atoms in total. The van der Waals surface area contributed by atoms with E-state index in [0.717, 1.165) is 24.3 Å². The summed E-state index contributed by atoms with van der Waals surface area (Å²) >= 11 is 6.16. The number of benzene rings is 2. The molecule has 1 fully saturated rings. The van der Waals surface area contributed by atoms with Crippen LogP contribution in [-0.2, 0) is 10.5 Å². The molecule has 2 aromatic carbocycles. The van der Waals surface area contributed by atoms with Crippen LogP contribution in [0, 0.1) is 0 Å². The van der Waals surface area contributed by atoms with Crippen molar-refractivity contribution in [2.24, 2.45) is 0 Å². The Bertz CT molecular complexity index is 1020. The largest absolute Gasteiger partial charge is 0.433 e. The second-order valence-electron chi connectivity index (χ2n) is 8.03. The first-order valence-corrected chi connectivity index (χ1v) is 10.4. The van der Waals surface area contributed by atoms with Crippen molar-refractivity contribution in [3.05, 3.63) is 64.2 Å². The Balaban J connectivity index is 1.91. The summed E-state index contributed by atoms with van der Waals surface area (Å²) in [6.07, 6.45) is -7.34. The van der Waals surface area contributed by atoms with Crippen molar-refractivity contribution >= 4 is 11.6 Å². The van der Waals surface area contributed by atoms with Crippen LogP contribution in [0.5, 0.6) is 5.75 Å². The average molecular weight is 521 g/mol. The SMILES string of the molecule is OCC1OC(c2ccc(Cl)c(C(O)(O)c3ccc(OC(O)(O)C(O)(O)O)cc3)c2)C(O)C(O)C1O. The molecule has 0 spiro atoms. The molecule has 0 aliphatic carbocycles. The van der Waals surface area contributed by atoms with Crippen LogP contribution < -0.4 is 4.74 Å². The van der Waals surface area contributed by atoms with Gasteiger partial charge in [0, 0.05) is 16.1 Å². The van der Waals surface area contributed by atoms with E-state index in [2.05, 4.69) is 4.74 Å². The molecule has 5 atom stereocenters. The van der Waals surface area contributed by atoms with Gasteiger partial charge in [-0.25, -0.2) is 0 Å². The molecule has 0 aromatic heterocycles. The molecule has 0 saturated carbocycles. The van der Waals surface area contributed by atoms with Crippen LogP contribution in [0.3, 0.4) is 0 Å². The van der Waals surface area contributed by atoms with Crippen molar-refractivity contribution in [1.82, 2.24) is 0 Å². The minimum absolute atomic E-state index is 0.126. The number of hydrogen-bond acceptors (Lipinski definition) is 13. The molecule has 3 rings (SSSR count). The second kappa shape index (κ2) is 9.84. The predicted octanol–water partition coefficient (Wildman–Crippen LogP) is -3.31. The van der Waals surface area contributed by atoms with Crippen LogP contribution in [0.15, 0.2) is 42.5 Å². The summed E-state index contributed by atoms with van der Waals surface area (Å²) < 4.78 is 9.95. The highest BCUT2D eigenvalue weighted by atomic mass is 35.5. The molecule has 1 aliphatic heterocycles. The number of halogens is 1. The van der Waals surface area contributed by atoms with Crippen LogP contribution in [0.1, 0.15) is 22.8 Å². The van der Waals surface area contributed by atoms with Gasteiger partial charge in [-0.15, -0.1) is 0 Å². The van der Waals surface area contributed by atoms with Crippen molar-refractivity contribution in [2.75, 3.05) is 6.61 Å². The maximum atomic E-state index is 10.9. The van der Waals surface area contributed by atoms with E-state index in [4.69, 9.17) is 31.7 Å². The number of aliphatic hydroxyl groups excluding tert-OH is 4. The van der Waals surface area contributed by atoms with E-state index in [9.17, 15) is 40.9 Å². The van der Waals surface area contributed by atoms with Crippen molar-refractivity contribution in [2.45, 2.75) is 48.3 Å². The van der Waals surface area contributed by atoms with Gasteiger partial charge >= 0.3 is 11.9 Å².